The third kappa shape index (κ3) is 5.95. The Labute approximate surface area is 189 Å². The molecule has 0 spiro atoms. The number of unbranched alkanes of at least 4 members (excludes halogenated alkanes) is 2. The summed E-state index contributed by atoms with van der Waals surface area (Å²) in [5.74, 6) is -1.72. The number of dihydropyridines is 1. The smallest absolute Gasteiger partial charge is 0.337 e. The molecule has 32 heavy (non-hydrogen) atoms. The van der Waals surface area contributed by atoms with Crippen molar-refractivity contribution >= 4 is 21.7 Å². The van der Waals surface area contributed by atoms with Gasteiger partial charge in [0.2, 0.25) is 10.0 Å². The number of nitrogens with one attached hydrogen (secondary N) is 2. The van der Waals surface area contributed by atoms with E-state index in [0.717, 1.165) is 12.8 Å². The molecule has 1 heterocycles. The van der Waals surface area contributed by atoms with E-state index in [1.807, 2.05) is 6.92 Å². The second-order valence-corrected chi connectivity index (χ2v) is 9.73. The normalized spacial score (nSPS) is 16.9. The highest BCUT2D eigenvalue weighted by Gasteiger charge is 2.40. The molecular weight excluding hydrogens is 434 g/mol. The standard InChI is InChI=1S/C22H31N3O6S/c1-6-7-8-12-23-32(29,30)21-16(5)24-15(4)19(22(26)31-14(2)3)20(21)17-10-9-11-18(13-17)25(27)28/h9-11,13-14,20,23-24H,6-8,12H2,1-5H3. The summed E-state index contributed by atoms with van der Waals surface area (Å²) in [6, 6.07) is 5.68. The van der Waals surface area contributed by atoms with Crippen molar-refractivity contribution in [3.8, 4) is 0 Å². The molecule has 1 atom stereocenters. The van der Waals surface area contributed by atoms with Gasteiger partial charge in [0, 0.05) is 30.1 Å². The first-order chi connectivity index (χ1) is 15.0. The first-order valence-corrected chi connectivity index (χ1v) is 12.1. The Morgan fingerprint density at radius 3 is 2.53 bits per heavy atom. The van der Waals surface area contributed by atoms with Crippen molar-refractivity contribution in [1.82, 2.24) is 10.0 Å². The first-order valence-electron chi connectivity index (χ1n) is 10.6. The van der Waals surface area contributed by atoms with Crippen LogP contribution in [0.1, 0.15) is 65.4 Å². The predicted octanol–water partition coefficient (Wildman–Crippen LogP) is 3.85. The van der Waals surface area contributed by atoms with Crippen LogP contribution in [0.25, 0.3) is 0 Å². The zero-order valence-electron chi connectivity index (χ0n) is 19.1. The number of carbonyl (C=O) groups excluding carboxylic acids is 1. The number of hydrogen-bond acceptors (Lipinski definition) is 7. The molecule has 1 aromatic carbocycles. The number of hydrogen-bond donors (Lipinski definition) is 2. The summed E-state index contributed by atoms with van der Waals surface area (Å²) in [4.78, 5) is 23.8. The first kappa shape index (κ1) is 25.5. The lowest BCUT2D eigenvalue weighted by Gasteiger charge is -2.31. The van der Waals surface area contributed by atoms with Crippen LogP contribution >= 0.6 is 0 Å². The lowest BCUT2D eigenvalue weighted by Crippen LogP contribution is -2.37. The SMILES string of the molecule is CCCCCNS(=O)(=O)C1=C(C)NC(C)=C(C(=O)OC(C)C)C1c1cccc([N+](=O)[O-])c1. The maximum absolute atomic E-state index is 13.3. The van der Waals surface area contributed by atoms with E-state index >= 15 is 0 Å². The molecule has 1 aromatic rings. The molecule has 0 saturated heterocycles. The molecule has 0 fully saturated rings. The quantitative estimate of drug-likeness (QED) is 0.232. The zero-order chi connectivity index (χ0) is 24.1. The number of esters is 1. The summed E-state index contributed by atoms with van der Waals surface area (Å²) in [5, 5.41) is 14.3. The van der Waals surface area contributed by atoms with Crippen LogP contribution in [0, 0.1) is 10.1 Å². The van der Waals surface area contributed by atoms with Crippen molar-refractivity contribution in [1.29, 1.82) is 0 Å². The number of nitrogens with zero attached hydrogens (tertiary/aromatic N) is 1. The number of ether oxygens (including phenoxy) is 1. The van der Waals surface area contributed by atoms with Crippen LogP contribution in [0.5, 0.6) is 0 Å². The fourth-order valence-electron chi connectivity index (χ4n) is 3.67. The summed E-state index contributed by atoms with van der Waals surface area (Å²) in [7, 11) is -4.01. The number of sulfonamides is 1. The van der Waals surface area contributed by atoms with Gasteiger partial charge in [-0.3, -0.25) is 10.1 Å². The van der Waals surface area contributed by atoms with Crippen molar-refractivity contribution < 1.29 is 22.9 Å². The average Bonchev–Trinajstić information content (AvgIpc) is 2.69. The molecule has 0 radical (unpaired) electrons. The molecule has 1 aliphatic heterocycles. The molecule has 9 nitrogen and oxygen atoms in total. The predicted molar refractivity (Wildman–Crippen MR) is 122 cm³/mol. The molecule has 1 aliphatic rings. The number of non-ortho nitro benzene ring substituents is 1. The van der Waals surface area contributed by atoms with Gasteiger partial charge in [-0.1, -0.05) is 31.9 Å². The van der Waals surface area contributed by atoms with E-state index in [2.05, 4.69) is 10.0 Å². The molecule has 0 saturated carbocycles. The second-order valence-electron chi connectivity index (χ2n) is 8.00. The van der Waals surface area contributed by atoms with Gasteiger partial charge in [-0.2, -0.15) is 0 Å². The minimum atomic E-state index is -4.01. The van der Waals surface area contributed by atoms with Gasteiger partial charge < -0.3 is 10.1 Å². The Bertz CT molecular complexity index is 1040. The zero-order valence-corrected chi connectivity index (χ0v) is 19.9. The van der Waals surface area contributed by atoms with E-state index in [4.69, 9.17) is 4.74 Å². The van der Waals surface area contributed by atoms with Crippen LogP contribution in [-0.2, 0) is 19.6 Å². The third-order valence-electron chi connectivity index (χ3n) is 5.04. The lowest BCUT2D eigenvalue weighted by atomic mass is 9.86. The molecule has 0 bridgehead atoms. The van der Waals surface area contributed by atoms with Crippen molar-refractivity contribution in [3.63, 3.8) is 0 Å². The van der Waals surface area contributed by atoms with Crippen LogP contribution in [0.4, 0.5) is 5.69 Å². The summed E-state index contributed by atoms with van der Waals surface area (Å²) in [6.07, 6.45) is 2.06. The van der Waals surface area contributed by atoms with Gasteiger partial charge in [-0.15, -0.1) is 0 Å². The lowest BCUT2D eigenvalue weighted by molar-refractivity contribution is -0.384. The van der Waals surface area contributed by atoms with Crippen LogP contribution in [0.2, 0.25) is 0 Å². The highest BCUT2D eigenvalue weighted by Crippen LogP contribution is 2.41. The fourth-order valence-corrected chi connectivity index (χ4v) is 5.26. The Hall–Kier alpha value is -2.72. The van der Waals surface area contributed by atoms with E-state index < -0.39 is 32.9 Å². The van der Waals surface area contributed by atoms with E-state index in [9.17, 15) is 23.3 Å². The van der Waals surface area contributed by atoms with Gasteiger partial charge in [0.1, 0.15) is 0 Å². The molecule has 0 aromatic heterocycles. The highest BCUT2D eigenvalue weighted by molar-refractivity contribution is 7.93. The highest BCUT2D eigenvalue weighted by atomic mass is 32.2. The van der Waals surface area contributed by atoms with E-state index in [-0.39, 0.29) is 22.7 Å². The van der Waals surface area contributed by atoms with Crippen molar-refractivity contribution in [2.45, 2.75) is 65.9 Å². The summed E-state index contributed by atoms with van der Waals surface area (Å²) >= 11 is 0. The molecule has 10 heteroatoms. The monoisotopic (exact) mass is 465 g/mol. The molecular formula is C22H31N3O6S. The Balaban J connectivity index is 2.64. The number of nitro benzene ring substituents is 1. The molecule has 2 rings (SSSR count). The van der Waals surface area contributed by atoms with Gasteiger partial charge in [0.25, 0.3) is 5.69 Å². The van der Waals surface area contributed by atoms with Crippen LogP contribution in [-0.4, -0.2) is 32.0 Å². The number of carbonyl (C=O) groups is 1. The average molecular weight is 466 g/mol. The van der Waals surface area contributed by atoms with E-state index in [0.29, 0.717) is 23.4 Å². The summed E-state index contributed by atoms with van der Waals surface area (Å²) < 4.78 is 34.7. The minimum absolute atomic E-state index is 0.0456. The van der Waals surface area contributed by atoms with Crippen LogP contribution < -0.4 is 10.0 Å². The van der Waals surface area contributed by atoms with Crippen LogP contribution in [0.15, 0.2) is 46.1 Å². The number of benzene rings is 1. The maximum atomic E-state index is 13.3. The summed E-state index contributed by atoms with van der Waals surface area (Å²) in [6.45, 7) is 8.93. The Kier molecular flexibility index (Phi) is 8.57. The van der Waals surface area contributed by atoms with E-state index in [1.165, 1.54) is 18.2 Å². The molecule has 2 N–H and O–H groups in total. The number of rotatable bonds is 10. The van der Waals surface area contributed by atoms with Gasteiger partial charge >= 0.3 is 5.97 Å². The second kappa shape index (κ2) is 10.7. The van der Waals surface area contributed by atoms with E-state index in [1.54, 1.807) is 33.8 Å². The largest absolute Gasteiger partial charge is 0.460 e. The fraction of sp³-hybridized carbons (Fsp3) is 0.500. The number of allylic oxidation sites excluding steroid dienone is 3. The van der Waals surface area contributed by atoms with Gasteiger partial charge in [-0.05, 0) is 39.7 Å². The van der Waals surface area contributed by atoms with Gasteiger partial charge in [-0.25, -0.2) is 17.9 Å². The Morgan fingerprint density at radius 2 is 1.94 bits per heavy atom. The number of nitro groups is 1. The molecule has 1 unspecified atom stereocenters. The van der Waals surface area contributed by atoms with Crippen molar-refractivity contribution in [2.24, 2.45) is 0 Å². The topological polar surface area (TPSA) is 128 Å². The summed E-state index contributed by atoms with van der Waals surface area (Å²) in [5.41, 5.74) is 1.03. The molecule has 0 aliphatic carbocycles. The van der Waals surface area contributed by atoms with Crippen LogP contribution in [0.3, 0.4) is 0 Å². The molecule has 176 valence electrons. The third-order valence-corrected chi connectivity index (χ3v) is 6.74. The molecule has 0 amide bonds. The van der Waals surface area contributed by atoms with Crippen molar-refractivity contribution in [2.75, 3.05) is 6.54 Å². The maximum Gasteiger partial charge on any atom is 0.337 e. The van der Waals surface area contributed by atoms with Crippen molar-refractivity contribution in [3.05, 3.63) is 61.8 Å². The minimum Gasteiger partial charge on any atom is -0.460 e. The van der Waals surface area contributed by atoms with Gasteiger partial charge in [0.05, 0.1) is 27.4 Å². The Morgan fingerprint density at radius 1 is 1.25 bits per heavy atom. The van der Waals surface area contributed by atoms with Gasteiger partial charge in [0.15, 0.2) is 0 Å².